The van der Waals surface area contributed by atoms with Gasteiger partial charge in [0.25, 0.3) is 5.91 Å². The fourth-order valence-electron chi connectivity index (χ4n) is 2.65. The molecule has 5 nitrogen and oxygen atoms in total. The van der Waals surface area contributed by atoms with Crippen LogP contribution in [0.2, 0.25) is 0 Å². The topological polar surface area (TPSA) is 58.1 Å². The standard InChI is InChI=1S/C17H20N4O/c1-13-3-5-14(6-4-13)16(22)20-15-7-11-21(12-8-15)17-18-9-2-10-19-17/h2-6,9-10,15H,7-8,11-12H2,1H3,(H,20,22). The zero-order chi connectivity index (χ0) is 15.4. The SMILES string of the molecule is Cc1ccc(C(=O)NC2CCN(c3ncccn3)CC2)cc1. The van der Waals surface area contributed by atoms with Crippen LogP contribution in [0.15, 0.2) is 42.7 Å². The van der Waals surface area contributed by atoms with Crippen LogP contribution in [0.4, 0.5) is 5.95 Å². The third-order valence-corrected chi connectivity index (χ3v) is 3.98. The normalized spacial score (nSPS) is 15.6. The summed E-state index contributed by atoms with van der Waals surface area (Å²) in [5.74, 6) is 0.778. The molecule has 0 atom stereocenters. The second-order valence-electron chi connectivity index (χ2n) is 5.65. The average Bonchev–Trinajstić information content (AvgIpc) is 2.57. The Labute approximate surface area is 130 Å². The van der Waals surface area contributed by atoms with E-state index in [1.54, 1.807) is 12.4 Å². The van der Waals surface area contributed by atoms with E-state index < -0.39 is 0 Å². The largest absolute Gasteiger partial charge is 0.349 e. The van der Waals surface area contributed by atoms with Crippen LogP contribution in [0.5, 0.6) is 0 Å². The Kier molecular flexibility index (Phi) is 4.32. The number of aromatic nitrogens is 2. The summed E-state index contributed by atoms with van der Waals surface area (Å²) < 4.78 is 0. The van der Waals surface area contributed by atoms with E-state index in [1.807, 2.05) is 37.3 Å². The molecule has 5 heteroatoms. The molecule has 3 rings (SSSR count). The van der Waals surface area contributed by atoms with E-state index in [9.17, 15) is 4.79 Å². The van der Waals surface area contributed by atoms with E-state index in [4.69, 9.17) is 0 Å². The molecule has 0 aliphatic carbocycles. The van der Waals surface area contributed by atoms with Gasteiger partial charge in [-0.25, -0.2) is 9.97 Å². The molecule has 1 fully saturated rings. The molecule has 1 saturated heterocycles. The lowest BCUT2D eigenvalue weighted by molar-refractivity contribution is 0.0931. The summed E-state index contributed by atoms with van der Waals surface area (Å²) in [5.41, 5.74) is 1.88. The van der Waals surface area contributed by atoms with Crippen LogP contribution in [0.3, 0.4) is 0 Å². The molecule has 1 aromatic carbocycles. The molecule has 1 aliphatic rings. The van der Waals surface area contributed by atoms with E-state index in [0.29, 0.717) is 0 Å². The first-order valence-corrected chi connectivity index (χ1v) is 7.62. The van der Waals surface area contributed by atoms with Gasteiger partial charge in [0.1, 0.15) is 0 Å². The third kappa shape index (κ3) is 3.42. The second-order valence-corrected chi connectivity index (χ2v) is 5.65. The van der Waals surface area contributed by atoms with Crippen molar-refractivity contribution in [3.8, 4) is 0 Å². The molecule has 1 N–H and O–H groups in total. The van der Waals surface area contributed by atoms with Gasteiger partial charge in [-0.2, -0.15) is 0 Å². The van der Waals surface area contributed by atoms with Crippen molar-refractivity contribution in [2.24, 2.45) is 0 Å². The van der Waals surface area contributed by atoms with Crippen molar-refractivity contribution in [2.75, 3.05) is 18.0 Å². The Hall–Kier alpha value is -2.43. The Morgan fingerprint density at radius 3 is 2.41 bits per heavy atom. The van der Waals surface area contributed by atoms with Gasteiger partial charge in [0.2, 0.25) is 5.95 Å². The number of amides is 1. The minimum Gasteiger partial charge on any atom is -0.349 e. The summed E-state index contributed by atoms with van der Waals surface area (Å²) in [4.78, 5) is 22.9. The maximum atomic E-state index is 12.2. The van der Waals surface area contributed by atoms with Crippen LogP contribution in [0.1, 0.15) is 28.8 Å². The summed E-state index contributed by atoms with van der Waals surface area (Å²) in [6.45, 7) is 3.74. The number of rotatable bonds is 3. The number of nitrogens with one attached hydrogen (secondary N) is 1. The molecule has 1 aromatic heterocycles. The predicted molar refractivity (Wildman–Crippen MR) is 85.9 cm³/mol. The Balaban J connectivity index is 1.53. The molecule has 0 saturated carbocycles. The van der Waals surface area contributed by atoms with E-state index in [-0.39, 0.29) is 11.9 Å². The highest BCUT2D eigenvalue weighted by Gasteiger charge is 2.22. The van der Waals surface area contributed by atoms with Crippen molar-refractivity contribution in [1.29, 1.82) is 0 Å². The van der Waals surface area contributed by atoms with Gasteiger partial charge in [-0.05, 0) is 38.0 Å². The van der Waals surface area contributed by atoms with Gasteiger partial charge in [-0.3, -0.25) is 4.79 Å². The van der Waals surface area contributed by atoms with Gasteiger partial charge in [0.05, 0.1) is 0 Å². The molecule has 2 aromatic rings. The molecule has 114 valence electrons. The van der Waals surface area contributed by atoms with Crippen molar-refractivity contribution >= 4 is 11.9 Å². The number of aryl methyl sites for hydroxylation is 1. The molecular formula is C17H20N4O. The maximum absolute atomic E-state index is 12.2. The summed E-state index contributed by atoms with van der Waals surface area (Å²) in [7, 11) is 0. The molecule has 0 spiro atoms. The van der Waals surface area contributed by atoms with E-state index >= 15 is 0 Å². The first kappa shape index (κ1) is 14.5. The van der Waals surface area contributed by atoms with Crippen molar-refractivity contribution in [1.82, 2.24) is 15.3 Å². The average molecular weight is 296 g/mol. The van der Waals surface area contributed by atoms with Crippen molar-refractivity contribution < 1.29 is 4.79 Å². The van der Waals surface area contributed by atoms with Crippen LogP contribution in [0.25, 0.3) is 0 Å². The van der Waals surface area contributed by atoms with E-state index in [1.165, 1.54) is 0 Å². The number of nitrogens with zero attached hydrogens (tertiary/aromatic N) is 3. The number of hydrogen-bond donors (Lipinski definition) is 1. The second kappa shape index (κ2) is 6.56. The number of anilines is 1. The lowest BCUT2D eigenvalue weighted by Crippen LogP contribution is -2.45. The van der Waals surface area contributed by atoms with Crippen LogP contribution in [0, 0.1) is 6.92 Å². The minimum absolute atomic E-state index is 0.00871. The Morgan fingerprint density at radius 1 is 1.14 bits per heavy atom. The summed E-state index contributed by atoms with van der Waals surface area (Å²) >= 11 is 0. The zero-order valence-electron chi connectivity index (χ0n) is 12.7. The fraction of sp³-hybridized carbons (Fsp3) is 0.353. The highest BCUT2D eigenvalue weighted by atomic mass is 16.1. The quantitative estimate of drug-likeness (QED) is 0.943. The van der Waals surface area contributed by atoms with Gasteiger partial charge in [0.15, 0.2) is 0 Å². The number of piperidine rings is 1. The Morgan fingerprint density at radius 2 is 1.77 bits per heavy atom. The van der Waals surface area contributed by atoms with Crippen LogP contribution in [-0.2, 0) is 0 Å². The number of hydrogen-bond acceptors (Lipinski definition) is 4. The number of carbonyl (C=O) groups is 1. The molecule has 0 bridgehead atoms. The van der Waals surface area contributed by atoms with E-state index in [0.717, 1.165) is 43.0 Å². The van der Waals surface area contributed by atoms with Crippen molar-refractivity contribution in [3.63, 3.8) is 0 Å². The molecule has 0 unspecified atom stereocenters. The minimum atomic E-state index is 0.00871. The van der Waals surface area contributed by atoms with Crippen LogP contribution >= 0.6 is 0 Å². The molecule has 1 amide bonds. The highest BCUT2D eigenvalue weighted by molar-refractivity contribution is 5.94. The summed E-state index contributed by atoms with van der Waals surface area (Å²) in [5, 5.41) is 3.12. The van der Waals surface area contributed by atoms with E-state index in [2.05, 4.69) is 20.2 Å². The molecule has 22 heavy (non-hydrogen) atoms. The van der Waals surface area contributed by atoms with Crippen molar-refractivity contribution in [3.05, 3.63) is 53.9 Å². The van der Waals surface area contributed by atoms with Gasteiger partial charge in [-0.1, -0.05) is 17.7 Å². The molecule has 1 aliphatic heterocycles. The molecule has 2 heterocycles. The monoisotopic (exact) mass is 296 g/mol. The lowest BCUT2D eigenvalue weighted by Gasteiger charge is -2.32. The summed E-state index contributed by atoms with van der Waals surface area (Å²) in [6.07, 6.45) is 5.34. The maximum Gasteiger partial charge on any atom is 0.251 e. The van der Waals surface area contributed by atoms with Crippen LogP contribution in [-0.4, -0.2) is 35.0 Å². The van der Waals surface area contributed by atoms with Crippen LogP contribution < -0.4 is 10.2 Å². The highest BCUT2D eigenvalue weighted by Crippen LogP contribution is 2.15. The van der Waals surface area contributed by atoms with Crippen molar-refractivity contribution in [2.45, 2.75) is 25.8 Å². The predicted octanol–water partition coefficient (Wildman–Crippen LogP) is 2.18. The number of benzene rings is 1. The van der Waals surface area contributed by atoms with Gasteiger partial charge in [0, 0.05) is 37.1 Å². The van der Waals surface area contributed by atoms with Gasteiger partial charge >= 0.3 is 0 Å². The first-order valence-electron chi connectivity index (χ1n) is 7.62. The van der Waals surface area contributed by atoms with Gasteiger partial charge < -0.3 is 10.2 Å². The first-order chi connectivity index (χ1) is 10.7. The zero-order valence-corrected chi connectivity index (χ0v) is 12.7. The van der Waals surface area contributed by atoms with Gasteiger partial charge in [-0.15, -0.1) is 0 Å². The third-order valence-electron chi connectivity index (χ3n) is 3.98. The molecular weight excluding hydrogens is 276 g/mol. The Bertz CT molecular complexity index is 619. The molecule has 0 radical (unpaired) electrons. The summed E-state index contributed by atoms with van der Waals surface area (Å²) in [6, 6.07) is 9.70. The lowest BCUT2D eigenvalue weighted by atomic mass is 10.0. The fourth-order valence-corrected chi connectivity index (χ4v) is 2.65. The smallest absolute Gasteiger partial charge is 0.251 e. The number of carbonyl (C=O) groups excluding carboxylic acids is 1.